The minimum atomic E-state index is 0.174. The van der Waals surface area contributed by atoms with Gasteiger partial charge in [-0.3, -0.25) is 0 Å². The Morgan fingerprint density at radius 3 is 1.65 bits per heavy atom. The summed E-state index contributed by atoms with van der Waals surface area (Å²) in [4.78, 5) is 0. The van der Waals surface area contributed by atoms with Crippen LogP contribution in [-0.4, -0.2) is 9.13 Å². The lowest BCUT2D eigenvalue weighted by atomic mass is 9.43. The van der Waals surface area contributed by atoms with Crippen LogP contribution < -0.4 is 0 Å². The van der Waals surface area contributed by atoms with Gasteiger partial charge in [-0.1, -0.05) is 91.0 Å². The van der Waals surface area contributed by atoms with Crippen molar-refractivity contribution >= 4 is 43.6 Å². The van der Waals surface area contributed by atoms with E-state index in [-0.39, 0.29) is 5.41 Å². The smallest absolute Gasteiger partial charge is 0.0547 e. The zero-order valence-electron chi connectivity index (χ0n) is 26.9. The van der Waals surface area contributed by atoms with Crippen LogP contribution in [0.3, 0.4) is 0 Å². The summed E-state index contributed by atoms with van der Waals surface area (Å²) in [7, 11) is 0. The van der Waals surface area contributed by atoms with Gasteiger partial charge in [0, 0.05) is 38.3 Å². The Morgan fingerprint density at radius 1 is 0.438 bits per heavy atom. The first-order valence-corrected chi connectivity index (χ1v) is 18.0. The lowest BCUT2D eigenvalue weighted by molar-refractivity contribution is -0.0399. The van der Waals surface area contributed by atoms with E-state index in [4.69, 9.17) is 0 Å². The summed E-state index contributed by atoms with van der Waals surface area (Å²) in [6, 6.07) is 50.6. The third-order valence-electron chi connectivity index (χ3n) is 13.3. The molecule has 230 valence electrons. The predicted molar refractivity (Wildman–Crippen MR) is 198 cm³/mol. The second-order valence-electron chi connectivity index (χ2n) is 15.3. The van der Waals surface area contributed by atoms with E-state index in [1.165, 1.54) is 98.2 Å². The van der Waals surface area contributed by atoms with Gasteiger partial charge in [0.1, 0.15) is 0 Å². The average molecular weight is 617 g/mol. The van der Waals surface area contributed by atoms with E-state index in [9.17, 15) is 0 Å². The average Bonchev–Trinajstić information content (AvgIpc) is 3.75. The summed E-state index contributed by atoms with van der Waals surface area (Å²) < 4.78 is 4.97. The Bertz CT molecular complexity index is 2570. The van der Waals surface area contributed by atoms with Crippen LogP contribution in [0.5, 0.6) is 0 Å². The minimum Gasteiger partial charge on any atom is -0.309 e. The lowest BCUT2D eigenvalue weighted by Gasteiger charge is -2.61. The normalized spacial score (nSPS) is 25.2. The molecule has 5 aliphatic carbocycles. The van der Waals surface area contributed by atoms with Crippen molar-refractivity contribution in [2.75, 3.05) is 0 Å². The van der Waals surface area contributed by atoms with Crippen molar-refractivity contribution in [3.63, 3.8) is 0 Å². The molecular weight excluding hydrogens is 581 g/mol. The maximum Gasteiger partial charge on any atom is 0.0547 e. The van der Waals surface area contributed by atoms with E-state index in [1.807, 2.05) is 0 Å². The standard InChI is InChI=1S/C46H36N2/c1-5-16-38-36(14-1)44-39(46(38)30-23-28-22-29(25-30)26-31(46)24-28)20-21-43-45(44)37-15-4-8-19-42(37)48(43)33-11-9-10-32(27-33)47-40-17-6-2-12-34(40)35-13-3-7-18-41(35)47/h1-21,27-31H,22-26H2. The van der Waals surface area contributed by atoms with Crippen molar-refractivity contribution in [1.29, 1.82) is 0 Å². The van der Waals surface area contributed by atoms with E-state index >= 15 is 0 Å². The molecule has 4 fully saturated rings. The van der Waals surface area contributed by atoms with Crippen molar-refractivity contribution in [2.24, 2.45) is 23.7 Å². The highest BCUT2D eigenvalue weighted by molar-refractivity contribution is 6.18. The molecule has 0 N–H and O–H groups in total. The molecule has 8 aromatic rings. The van der Waals surface area contributed by atoms with Crippen LogP contribution in [0, 0.1) is 23.7 Å². The van der Waals surface area contributed by atoms with Crippen LogP contribution in [0.1, 0.15) is 43.2 Å². The largest absolute Gasteiger partial charge is 0.309 e. The number of aromatic nitrogens is 2. The molecule has 0 unspecified atom stereocenters. The second kappa shape index (κ2) is 9.08. The van der Waals surface area contributed by atoms with Crippen LogP contribution in [0.15, 0.2) is 133 Å². The molecule has 5 aliphatic rings. The van der Waals surface area contributed by atoms with Gasteiger partial charge < -0.3 is 9.13 Å². The summed E-state index contributed by atoms with van der Waals surface area (Å²) in [5.74, 6) is 3.43. The molecule has 0 atom stereocenters. The van der Waals surface area contributed by atoms with Gasteiger partial charge in [0.15, 0.2) is 0 Å². The van der Waals surface area contributed by atoms with Crippen molar-refractivity contribution in [1.82, 2.24) is 9.13 Å². The highest BCUT2D eigenvalue weighted by atomic mass is 15.0. The van der Waals surface area contributed by atoms with Gasteiger partial charge >= 0.3 is 0 Å². The Labute approximate surface area is 280 Å². The number of nitrogens with zero attached hydrogens (tertiary/aromatic N) is 2. The number of fused-ring (bicyclic) bond motifs is 10. The Hall–Kier alpha value is -5.08. The van der Waals surface area contributed by atoms with E-state index in [0.29, 0.717) is 0 Å². The van der Waals surface area contributed by atoms with Gasteiger partial charge in [0.25, 0.3) is 0 Å². The number of hydrogen-bond acceptors (Lipinski definition) is 0. The zero-order chi connectivity index (χ0) is 31.1. The molecule has 0 saturated heterocycles. The van der Waals surface area contributed by atoms with Crippen molar-refractivity contribution in [2.45, 2.75) is 37.5 Å². The van der Waals surface area contributed by atoms with Crippen LogP contribution >= 0.6 is 0 Å². The van der Waals surface area contributed by atoms with Crippen LogP contribution in [0.25, 0.3) is 66.1 Å². The van der Waals surface area contributed by atoms with Gasteiger partial charge in [0.2, 0.25) is 0 Å². The quantitative estimate of drug-likeness (QED) is 0.183. The minimum absolute atomic E-state index is 0.174. The Balaban J connectivity index is 1.14. The predicted octanol–water partition coefficient (Wildman–Crippen LogP) is 11.6. The molecule has 4 saturated carbocycles. The Morgan fingerprint density at radius 2 is 0.979 bits per heavy atom. The summed E-state index contributed by atoms with van der Waals surface area (Å²) in [6.07, 6.45) is 7.14. The summed E-state index contributed by atoms with van der Waals surface area (Å²) >= 11 is 0. The fourth-order valence-electron chi connectivity index (χ4n) is 11.9. The maximum absolute atomic E-state index is 2.58. The molecule has 13 rings (SSSR count). The van der Waals surface area contributed by atoms with E-state index in [2.05, 4.69) is 143 Å². The molecular formula is C46H36N2. The second-order valence-corrected chi connectivity index (χ2v) is 15.3. The molecule has 0 amide bonds. The Kier molecular flexibility index (Phi) is 4.91. The number of rotatable bonds is 2. The number of para-hydroxylation sites is 3. The van der Waals surface area contributed by atoms with Crippen LogP contribution in [0.4, 0.5) is 0 Å². The van der Waals surface area contributed by atoms with Gasteiger partial charge in [-0.05, 0) is 120 Å². The third-order valence-corrected chi connectivity index (χ3v) is 13.3. The number of benzene rings is 6. The molecule has 2 heterocycles. The highest BCUT2D eigenvalue weighted by Gasteiger charge is 2.61. The molecule has 6 aromatic carbocycles. The highest BCUT2D eigenvalue weighted by Crippen LogP contribution is 2.70. The molecule has 0 radical (unpaired) electrons. The van der Waals surface area contributed by atoms with Gasteiger partial charge in [-0.2, -0.15) is 0 Å². The molecule has 2 aromatic heterocycles. The maximum atomic E-state index is 2.58. The van der Waals surface area contributed by atoms with Crippen LogP contribution in [-0.2, 0) is 5.41 Å². The first-order valence-electron chi connectivity index (χ1n) is 18.0. The molecule has 2 nitrogen and oxygen atoms in total. The summed E-state index contributed by atoms with van der Waals surface area (Å²) in [5, 5.41) is 5.39. The van der Waals surface area contributed by atoms with E-state index in [0.717, 1.165) is 23.7 Å². The number of hydrogen-bond donors (Lipinski definition) is 0. The third kappa shape index (κ3) is 3.06. The first-order chi connectivity index (χ1) is 23.8. The fraction of sp³-hybridized carbons (Fsp3) is 0.217. The van der Waals surface area contributed by atoms with Crippen molar-refractivity contribution in [3.05, 3.63) is 145 Å². The van der Waals surface area contributed by atoms with E-state index < -0.39 is 0 Å². The van der Waals surface area contributed by atoms with Gasteiger partial charge in [0.05, 0.1) is 22.1 Å². The van der Waals surface area contributed by atoms with E-state index in [1.54, 1.807) is 11.1 Å². The monoisotopic (exact) mass is 616 g/mol. The molecule has 1 spiro atoms. The first kappa shape index (κ1) is 25.9. The van der Waals surface area contributed by atoms with Crippen LogP contribution in [0.2, 0.25) is 0 Å². The van der Waals surface area contributed by atoms with Gasteiger partial charge in [-0.25, -0.2) is 0 Å². The fourth-order valence-corrected chi connectivity index (χ4v) is 11.9. The summed E-state index contributed by atoms with van der Waals surface area (Å²) in [5.41, 5.74) is 13.9. The molecule has 2 heteroatoms. The topological polar surface area (TPSA) is 9.86 Å². The summed E-state index contributed by atoms with van der Waals surface area (Å²) in [6.45, 7) is 0. The molecule has 48 heavy (non-hydrogen) atoms. The van der Waals surface area contributed by atoms with Gasteiger partial charge in [-0.15, -0.1) is 0 Å². The lowest BCUT2D eigenvalue weighted by Crippen LogP contribution is -2.55. The van der Waals surface area contributed by atoms with Crippen molar-refractivity contribution < 1.29 is 0 Å². The molecule has 4 bridgehead atoms. The zero-order valence-corrected chi connectivity index (χ0v) is 26.9. The molecule has 0 aliphatic heterocycles. The SMILES string of the molecule is c1cc(-n2c3ccccc3c3ccccc32)cc(-n2c3ccccc3c3c4c(ccc32)C2(c3ccccc3-4)C3CC4CC(C3)CC2C4)c1. The van der Waals surface area contributed by atoms with Crippen molar-refractivity contribution in [3.8, 4) is 22.5 Å².